The molecule has 0 saturated carbocycles. The number of carbonyl (C=O) groups excluding carboxylic acids is 3. The number of aromatic carboxylic acids is 1. The van der Waals surface area contributed by atoms with Gasteiger partial charge in [-0.3, -0.25) is 14.4 Å². The molecule has 0 aliphatic carbocycles. The van der Waals surface area contributed by atoms with Crippen molar-refractivity contribution in [1.29, 1.82) is 0 Å². The van der Waals surface area contributed by atoms with Crippen molar-refractivity contribution in [3.8, 4) is 0 Å². The van der Waals surface area contributed by atoms with Crippen molar-refractivity contribution < 1.29 is 24.3 Å². The second kappa shape index (κ2) is 7.53. The fourth-order valence-corrected chi connectivity index (χ4v) is 3.45. The highest BCUT2D eigenvalue weighted by Gasteiger charge is 2.37. The lowest BCUT2D eigenvalue weighted by Crippen LogP contribution is -2.29. The predicted octanol–water partition coefficient (Wildman–Crippen LogP) is 4.05. The van der Waals surface area contributed by atoms with Gasteiger partial charge in [0.05, 0.1) is 28.1 Å². The molecule has 7 heteroatoms. The smallest absolute Gasteiger partial charge is 0.337 e. The Kier molecular flexibility index (Phi) is 4.87. The Morgan fingerprint density at radius 3 is 2.26 bits per heavy atom. The van der Waals surface area contributed by atoms with Crippen LogP contribution >= 0.6 is 0 Å². The lowest BCUT2D eigenvalue weighted by Gasteiger charge is -2.15. The molecule has 0 spiro atoms. The van der Waals surface area contributed by atoms with Crippen molar-refractivity contribution in [1.82, 2.24) is 0 Å². The Labute approximate surface area is 177 Å². The van der Waals surface area contributed by atoms with Crippen LogP contribution in [0.1, 0.15) is 52.6 Å². The summed E-state index contributed by atoms with van der Waals surface area (Å²) in [5.41, 5.74) is 3.03. The number of nitrogens with zero attached hydrogens (tertiary/aromatic N) is 1. The van der Waals surface area contributed by atoms with Crippen molar-refractivity contribution >= 4 is 35.1 Å². The van der Waals surface area contributed by atoms with Crippen LogP contribution in [0.25, 0.3) is 0 Å². The molecule has 0 radical (unpaired) electrons. The van der Waals surface area contributed by atoms with Crippen molar-refractivity contribution in [3.63, 3.8) is 0 Å². The first kappa shape index (κ1) is 20.0. The average Bonchev–Trinajstić information content (AvgIpc) is 3.00. The van der Waals surface area contributed by atoms with Gasteiger partial charge in [-0.2, -0.15) is 0 Å². The summed E-state index contributed by atoms with van der Waals surface area (Å²) in [5, 5.41) is 11.8. The highest BCUT2D eigenvalue weighted by atomic mass is 16.4. The van der Waals surface area contributed by atoms with Crippen LogP contribution in [0.4, 0.5) is 11.4 Å². The third-order valence-electron chi connectivity index (χ3n) is 5.30. The molecule has 0 fully saturated rings. The standard InChI is InChI=1S/C24H18N2O5/c1-13-7-9-16(11-14(13)2)26-22(28)17-10-8-15(12-19(17)23(26)29)21(27)25-20-6-4-3-5-18(20)24(30)31/h3-12H,1-2H3,(H,25,27)(H,30,31). The number of imide groups is 1. The lowest BCUT2D eigenvalue weighted by molar-refractivity contribution is 0.0697. The highest BCUT2D eigenvalue weighted by Crippen LogP contribution is 2.30. The Bertz CT molecular complexity index is 1280. The molecule has 1 heterocycles. The van der Waals surface area contributed by atoms with Gasteiger partial charge < -0.3 is 10.4 Å². The van der Waals surface area contributed by atoms with Crippen LogP contribution in [0.2, 0.25) is 0 Å². The van der Waals surface area contributed by atoms with Gasteiger partial charge in [-0.25, -0.2) is 9.69 Å². The maximum Gasteiger partial charge on any atom is 0.337 e. The Balaban J connectivity index is 1.65. The third kappa shape index (κ3) is 3.46. The van der Waals surface area contributed by atoms with E-state index < -0.39 is 23.7 Å². The predicted molar refractivity (Wildman–Crippen MR) is 115 cm³/mol. The number of rotatable bonds is 4. The zero-order chi connectivity index (χ0) is 22.3. The second-order valence-electron chi connectivity index (χ2n) is 7.28. The molecule has 0 bridgehead atoms. The van der Waals surface area contributed by atoms with E-state index in [4.69, 9.17) is 0 Å². The number of nitrogens with one attached hydrogen (secondary N) is 1. The van der Waals surface area contributed by atoms with Gasteiger partial charge in [0.25, 0.3) is 17.7 Å². The fourth-order valence-electron chi connectivity index (χ4n) is 3.45. The number of amides is 3. The SMILES string of the molecule is Cc1ccc(N2C(=O)c3ccc(C(=O)Nc4ccccc4C(=O)O)cc3C2=O)cc1C. The molecule has 31 heavy (non-hydrogen) atoms. The first-order chi connectivity index (χ1) is 14.8. The molecule has 0 saturated heterocycles. The number of hydrogen-bond donors (Lipinski definition) is 2. The van der Waals surface area contributed by atoms with Gasteiger partial charge in [0.1, 0.15) is 0 Å². The number of carboxylic acids is 1. The van der Waals surface area contributed by atoms with Gasteiger partial charge in [0.2, 0.25) is 0 Å². The first-order valence-electron chi connectivity index (χ1n) is 9.51. The van der Waals surface area contributed by atoms with E-state index in [9.17, 15) is 24.3 Å². The molecule has 1 aliphatic rings. The summed E-state index contributed by atoms with van der Waals surface area (Å²) in [5.74, 6) is -2.72. The van der Waals surface area contributed by atoms with Crippen LogP contribution in [0.15, 0.2) is 60.7 Å². The van der Waals surface area contributed by atoms with Gasteiger partial charge >= 0.3 is 5.97 Å². The molecule has 4 rings (SSSR count). The maximum absolute atomic E-state index is 13.0. The fraction of sp³-hybridized carbons (Fsp3) is 0.0833. The largest absolute Gasteiger partial charge is 0.478 e. The highest BCUT2D eigenvalue weighted by molar-refractivity contribution is 6.34. The van der Waals surface area contributed by atoms with E-state index in [1.807, 2.05) is 19.9 Å². The van der Waals surface area contributed by atoms with E-state index in [1.54, 1.807) is 24.3 Å². The number of anilines is 2. The monoisotopic (exact) mass is 414 g/mol. The summed E-state index contributed by atoms with van der Waals surface area (Å²) < 4.78 is 0. The molecule has 0 aromatic heterocycles. The zero-order valence-electron chi connectivity index (χ0n) is 16.8. The molecule has 2 N–H and O–H groups in total. The molecule has 3 aromatic carbocycles. The summed E-state index contributed by atoms with van der Waals surface area (Å²) in [7, 11) is 0. The normalized spacial score (nSPS) is 12.6. The van der Waals surface area contributed by atoms with Crippen LogP contribution < -0.4 is 10.2 Å². The van der Waals surface area contributed by atoms with Crippen LogP contribution in [0.5, 0.6) is 0 Å². The minimum absolute atomic E-state index is 0.0517. The summed E-state index contributed by atoms with van der Waals surface area (Å²) in [6.07, 6.45) is 0. The molecule has 154 valence electrons. The number of carbonyl (C=O) groups is 4. The van der Waals surface area contributed by atoms with Crippen molar-refractivity contribution in [2.24, 2.45) is 0 Å². The Hall–Kier alpha value is -4.26. The molecular formula is C24H18N2O5. The van der Waals surface area contributed by atoms with Gasteiger partial charge in [0, 0.05) is 5.56 Å². The molecule has 7 nitrogen and oxygen atoms in total. The van der Waals surface area contributed by atoms with E-state index in [2.05, 4.69) is 5.32 Å². The summed E-state index contributed by atoms with van der Waals surface area (Å²) >= 11 is 0. The summed E-state index contributed by atoms with van der Waals surface area (Å²) in [4.78, 5) is 51.0. The van der Waals surface area contributed by atoms with Gasteiger partial charge in [-0.05, 0) is 67.4 Å². The molecule has 0 atom stereocenters. The quantitative estimate of drug-likeness (QED) is 0.627. The van der Waals surface area contributed by atoms with Crippen molar-refractivity contribution in [2.75, 3.05) is 10.2 Å². The molecule has 1 aliphatic heterocycles. The van der Waals surface area contributed by atoms with Crippen LogP contribution in [0.3, 0.4) is 0 Å². The second-order valence-corrected chi connectivity index (χ2v) is 7.28. The minimum Gasteiger partial charge on any atom is -0.478 e. The summed E-state index contributed by atoms with van der Waals surface area (Å²) in [6.45, 7) is 3.84. The average molecular weight is 414 g/mol. The van der Waals surface area contributed by atoms with E-state index >= 15 is 0 Å². The molecule has 3 amide bonds. The lowest BCUT2D eigenvalue weighted by atomic mass is 10.0. The van der Waals surface area contributed by atoms with Crippen LogP contribution in [-0.4, -0.2) is 28.8 Å². The minimum atomic E-state index is -1.17. The number of carboxylic acid groups (broad SMARTS) is 1. The van der Waals surface area contributed by atoms with E-state index in [0.29, 0.717) is 5.69 Å². The molecular weight excluding hydrogens is 396 g/mol. The Morgan fingerprint density at radius 2 is 1.55 bits per heavy atom. The van der Waals surface area contributed by atoms with Gasteiger partial charge in [-0.15, -0.1) is 0 Å². The van der Waals surface area contributed by atoms with Crippen LogP contribution in [-0.2, 0) is 0 Å². The first-order valence-corrected chi connectivity index (χ1v) is 9.51. The number of fused-ring (bicyclic) bond motifs is 1. The zero-order valence-corrected chi connectivity index (χ0v) is 16.8. The number of aryl methyl sites for hydroxylation is 2. The third-order valence-corrected chi connectivity index (χ3v) is 5.30. The maximum atomic E-state index is 13.0. The molecule has 0 unspecified atom stereocenters. The number of benzene rings is 3. The van der Waals surface area contributed by atoms with Gasteiger partial charge in [-0.1, -0.05) is 18.2 Å². The van der Waals surface area contributed by atoms with E-state index in [1.165, 1.54) is 30.3 Å². The Morgan fingerprint density at radius 1 is 0.839 bits per heavy atom. The summed E-state index contributed by atoms with van der Waals surface area (Å²) in [6, 6.07) is 15.6. The van der Waals surface area contributed by atoms with Crippen molar-refractivity contribution in [3.05, 3.63) is 94.0 Å². The van der Waals surface area contributed by atoms with Crippen molar-refractivity contribution in [2.45, 2.75) is 13.8 Å². The van der Waals surface area contributed by atoms with Gasteiger partial charge in [0.15, 0.2) is 0 Å². The number of hydrogen-bond acceptors (Lipinski definition) is 4. The van der Waals surface area contributed by atoms with E-state index in [0.717, 1.165) is 16.0 Å². The van der Waals surface area contributed by atoms with Crippen LogP contribution in [0, 0.1) is 13.8 Å². The topological polar surface area (TPSA) is 104 Å². The number of para-hydroxylation sites is 1. The van der Waals surface area contributed by atoms with E-state index in [-0.39, 0.29) is 27.9 Å². The molecule has 3 aromatic rings.